The maximum Gasteiger partial charge on any atom is 0.307 e. The van der Waals surface area contributed by atoms with E-state index >= 15 is 0 Å². The van der Waals surface area contributed by atoms with E-state index in [1.807, 2.05) is 24.3 Å². The lowest BCUT2D eigenvalue weighted by Crippen LogP contribution is -2.57. The summed E-state index contributed by atoms with van der Waals surface area (Å²) in [6, 6.07) is 7.16. The highest BCUT2D eigenvalue weighted by Gasteiger charge is 2.33. The van der Waals surface area contributed by atoms with E-state index in [-0.39, 0.29) is 24.8 Å². The van der Waals surface area contributed by atoms with Crippen LogP contribution in [0.25, 0.3) is 0 Å². The average Bonchev–Trinajstić information content (AvgIpc) is 2.71. The first-order valence-corrected chi connectivity index (χ1v) is 9.80. The number of hydrogen-bond acceptors (Lipinski definition) is 6. The number of methoxy groups -OCH3 is 1. The van der Waals surface area contributed by atoms with E-state index in [2.05, 4.69) is 20.3 Å². The Morgan fingerprint density at radius 3 is 2.54 bits per heavy atom. The smallest absolute Gasteiger partial charge is 0.307 e. The molecule has 28 heavy (non-hydrogen) atoms. The Bertz CT molecular complexity index is 701. The highest BCUT2D eigenvalue weighted by Crippen LogP contribution is 2.22. The summed E-state index contributed by atoms with van der Waals surface area (Å²) in [6.45, 7) is 3.15. The molecule has 2 aliphatic heterocycles. The third-order valence-corrected chi connectivity index (χ3v) is 5.25. The molecule has 152 valence electrons. The van der Waals surface area contributed by atoms with Crippen LogP contribution in [0.2, 0.25) is 0 Å². The number of carbonyl (C=O) groups is 3. The number of carbonyl (C=O) groups excluding carboxylic acids is 3. The third kappa shape index (κ3) is 5.22. The maximum absolute atomic E-state index is 12.5. The van der Waals surface area contributed by atoms with Crippen LogP contribution >= 0.6 is 0 Å². The Morgan fingerprint density at radius 2 is 1.86 bits per heavy atom. The molecule has 2 saturated heterocycles. The van der Waals surface area contributed by atoms with Gasteiger partial charge in [-0.25, -0.2) is 0 Å². The Kier molecular flexibility index (Phi) is 6.86. The van der Waals surface area contributed by atoms with Gasteiger partial charge < -0.3 is 20.3 Å². The minimum atomic E-state index is -0.687. The van der Waals surface area contributed by atoms with Gasteiger partial charge in [0.25, 0.3) is 0 Å². The van der Waals surface area contributed by atoms with Crippen molar-refractivity contribution in [1.29, 1.82) is 0 Å². The molecule has 0 spiro atoms. The molecule has 0 unspecified atom stereocenters. The van der Waals surface area contributed by atoms with Gasteiger partial charge in [0.15, 0.2) is 0 Å². The zero-order valence-corrected chi connectivity index (χ0v) is 16.3. The summed E-state index contributed by atoms with van der Waals surface area (Å²) in [7, 11) is 1.29. The van der Waals surface area contributed by atoms with Crippen molar-refractivity contribution in [1.82, 2.24) is 10.2 Å². The molecule has 8 heteroatoms. The van der Waals surface area contributed by atoms with Crippen LogP contribution in [0.1, 0.15) is 25.7 Å². The number of piperazine rings is 1. The van der Waals surface area contributed by atoms with E-state index in [0.717, 1.165) is 18.8 Å². The van der Waals surface area contributed by atoms with Crippen LogP contribution in [-0.2, 0) is 19.1 Å². The van der Waals surface area contributed by atoms with Crippen LogP contribution in [-0.4, -0.2) is 68.6 Å². The van der Waals surface area contributed by atoms with Crippen molar-refractivity contribution in [2.75, 3.05) is 50.1 Å². The SMILES string of the molecule is COC(=O)C[C@@H]1C(=O)NCCN1CC(=O)Nc1ccc(N2CCCCC2)cc1. The van der Waals surface area contributed by atoms with Crippen molar-refractivity contribution in [3.63, 3.8) is 0 Å². The Labute approximate surface area is 165 Å². The number of rotatable bonds is 6. The number of anilines is 2. The van der Waals surface area contributed by atoms with Crippen molar-refractivity contribution in [3.8, 4) is 0 Å². The van der Waals surface area contributed by atoms with E-state index in [1.165, 1.54) is 32.1 Å². The first kappa shape index (κ1) is 20.1. The summed E-state index contributed by atoms with van der Waals surface area (Å²) in [6.07, 6.45) is 3.65. The van der Waals surface area contributed by atoms with Gasteiger partial charge in [-0.3, -0.25) is 19.3 Å². The van der Waals surface area contributed by atoms with E-state index in [0.29, 0.717) is 13.1 Å². The van der Waals surface area contributed by atoms with E-state index in [1.54, 1.807) is 4.90 Å². The lowest BCUT2D eigenvalue weighted by atomic mass is 10.1. The van der Waals surface area contributed by atoms with Crippen molar-refractivity contribution < 1.29 is 19.1 Å². The van der Waals surface area contributed by atoms with Gasteiger partial charge in [0.05, 0.1) is 20.1 Å². The highest BCUT2D eigenvalue weighted by molar-refractivity contribution is 5.93. The molecule has 2 amide bonds. The maximum atomic E-state index is 12.5. The van der Waals surface area contributed by atoms with Gasteiger partial charge in [-0.15, -0.1) is 0 Å². The fourth-order valence-corrected chi connectivity index (χ4v) is 3.71. The Hall–Kier alpha value is -2.61. The van der Waals surface area contributed by atoms with E-state index in [9.17, 15) is 14.4 Å². The van der Waals surface area contributed by atoms with Gasteiger partial charge in [-0.05, 0) is 43.5 Å². The molecule has 0 aliphatic carbocycles. The zero-order valence-electron chi connectivity index (χ0n) is 16.3. The average molecular weight is 388 g/mol. The summed E-state index contributed by atoms with van der Waals surface area (Å²) in [4.78, 5) is 40.2. The molecule has 1 aromatic carbocycles. The molecule has 3 rings (SSSR count). The fraction of sp³-hybridized carbons (Fsp3) is 0.550. The molecule has 0 bridgehead atoms. The fourth-order valence-electron chi connectivity index (χ4n) is 3.71. The van der Waals surface area contributed by atoms with Crippen LogP contribution in [0.5, 0.6) is 0 Å². The number of amides is 2. The number of nitrogens with zero attached hydrogens (tertiary/aromatic N) is 2. The summed E-state index contributed by atoms with van der Waals surface area (Å²) < 4.78 is 4.66. The largest absolute Gasteiger partial charge is 0.469 e. The van der Waals surface area contributed by atoms with Crippen LogP contribution in [0.15, 0.2) is 24.3 Å². The minimum Gasteiger partial charge on any atom is -0.469 e. The molecule has 0 radical (unpaired) electrons. The van der Waals surface area contributed by atoms with Crippen LogP contribution < -0.4 is 15.5 Å². The number of nitrogens with one attached hydrogen (secondary N) is 2. The summed E-state index contributed by atoms with van der Waals surface area (Å²) in [5, 5.41) is 5.60. The standard InChI is InChI=1S/C20H28N4O4/c1-28-19(26)13-17-20(27)21-9-12-24(17)14-18(25)22-15-5-7-16(8-6-15)23-10-3-2-4-11-23/h5-8,17H,2-4,9-14H2,1H3,(H,21,27)(H,22,25)/t17-/m1/s1. The van der Waals surface area contributed by atoms with Crippen LogP contribution in [0.3, 0.4) is 0 Å². The first-order chi connectivity index (χ1) is 13.6. The highest BCUT2D eigenvalue weighted by atomic mass is 16.5. The van der Waals surface area contributed by atoms with Crippen LogP contribution in [0, 0.1) is 0 Å². The van der Waals surface area contributed by atoms with E-state index < -0.39 is 12.0 Å². The van der Waals surface area contributed by atoms with Crippen molar-refractivity contribution in [2.24, 2.45) is 0 Å². The predicted octanol–water partition coefficient (Wildman–Crippen LogP) is 0.979. The minimum absolute atomic E-state index is 0.0446. The molecule has 0 saturated carbocycles. The molecule has 8 nitrogen and oxygen atoms in total. The number of benzene rings is 1. The second-order valence-corrected chi connectivity index (χ2v) is 7.20. The van der Waals surface area contributed by atoms with Gasteiger partial charge in [0.1, 0.15) is 6.04 Å². The molecule has 1 atom stereocenters. The number of esters is 1. The lowest BCUT2D eigenvalue weighted by molar-refractivity contribution is -0.146. The number of ether oxygens (including phenoxy) is 1. The summed E-state index contributed by atoms with van der Waals surface area (Å²) in [5.41, 5.74) is 1.89. The lowest BCUT2D eigenvalue weighted by Gasteiger charge is -2.33. The third-order valence-electron chi connectivity index (χ3n) is 5.25. The Balaban J connectivity index is 1.56. The molecule has 2 heterocycles. The first-order valence-electron chi connectivity index (χ1n) is 9.80. The van der Waals surface area contributed by atoms with Gasteiger partial charge >= 0.3 is 5.97 Å². The Morgan fingerprint density at radius 1 is 1.14 bits per heavy atom. The monoisotopic (exact) mass is 388 g/mol. The molecule has 1 aromatic rings. The second kappa shape index (κ2) is 9.54. The van der Waals surface area contributed by atoms with Gasteiger partial charge in [-0.1, -0.05) is 0 Å². The topological polar surface area (TPSA) is 91.0 Å². The second-order valence-electron chi connectivity index (χ2n) is 7.20. The number of piperidine rings is 1. The van der Waals surface area contributed by atoms with Gasteiger partial charge in [0, 0.05) is 37.6 Å². The molecule has 0 aromatic heterocycles. The molecular weight excluding hydrogens is 360 g/mol. The quantitative estimate of drug-likeness (QED) is 0.706. The van der Waals surface area contributed by atoms with Gasteiger partial charge in [0.2, 0.25) is 11.8 Å². The normalized spacial score (nSPS) is 20.4. The molecule has 2 fully saturated rings. The van der Waals surface area contributed by atoms with Crippen molar-refractivity contribution in [3.05, 3.63) is 24.3 Å². The van der Waals surface area contributed by atoms with Gasteiger partial charge in [-0.2, -0.15) is 0 Å². The zero-order chi connectivity index (χ0) is 19.9. The predicted molar refractivity (Wildman–Crippen MR) is 106 cm³/mol. The summed E-state index contributed by atoms with van der Waals surface area (Å²) in [5.74, 6) is -0.939. The molecular formula is C20H28N4O4. The number of hydrogen-bond donors (Lipinski definition) is 2. The molecule has 2 aliphatic rings. The van der Waals surface area contributed by atoms with E-state index in [4.69, 9.17) is 0 Å². The van der Waals surface area contributed by atoms with Crippen LogP contribution in [0.4, 0.5) is 11.4 Å². The van der Waals surface area contributed by atoms with Crippen molar-refractivity contribution in [2.45, 2.75) is 31.7 Å². The molecule has 2 N–H and O–H groups in total. The summed E-state index contributed by atoms with van der Waals surface area (Å²) >= 11 is 0. The van der Waals surface area contributed by atoms with Crippen molar-refractivity contribution >= 4 is 29.2 Å².